The topological polar surface area (TPSA) is 115 Å². The predicted octanol–water partition coefficient (Wildman–Crippen LogP) is 2.63. The fourth-order valence-corrected chi connectivity index (χ4v) is 3.21. The van der Waals surface area contributed by atoms with Crippen LogP contribution in [0.1, 0.15) is 0 Å². The fourth-order valence-electron chi connectivity index (χ4n) is 1.64. The van der Waals surface area contributed by atoms with Crippen molar-refractivity contribution in [3.63, 3.8) is 0 Å². The highest BCUT2D eigenvalue weighted by Crippen LogP contribution is 2.28. The fraction of sp³-hybridized carbons (Fsp3) is 0. The molecule has 0 radical (unpaired) electrons. The summed E-state index contributed by atoms with van der Waals surface area (Å²) in [5.41, 5.74) is 5.04. The van der Waals surface area contributed by atoms with Crippen LogP contribution in [0.25, 0.3) is 0 Å². The second-order valence-electron chi connectivity index (χ2n) is 4.07. The van der Waals surface area contributed by atoms with E-state index in [-0.39, 0.29) is 27.0 Å². The van der Waals surface area contributed by atoms with Gasteiger partial charge in [0.1, 0.15) is 10.6 Å². The summed E-state index contributed by atoms with van der Waals surface area (Å²) in [5.74, 6) is 0. The van der Waals surface area contributed by atoms with Gasteiger partial charge in [-0.2, -0.15) is 0 Å². The summed E-state index contributed by atoms with van der Waals surface area (Å²) in [5, 5.41) is 10.8. The molecule has 0 heterocycles. The van der Waals surface area contributed by atoms with Crippen LogP contribution in [0.2, 0.25) is 5.02 Å². The number of hydrogen-bond acceptors (Lipinski definition) is 5. The average Bonchev–Trinajstić information content (AvgIpc) is 2.40. The Hall–Kier alpha value is -2.32. The van der Waals surface area contributed by atoms with Gasteiger partial charge in [0.2, 0.25) is 0 Å². The molecule has 0 aromatic heterocycles. The summed E-state index contributed by atoms with van der Waals surface area (Å²) in [6.07, 6.45) is 0. The normalized spacial score (nSPS) is 11.1. The van der Waals surface area contributed by atoms with Crippen LogP contribution in [0.5, 0.6) is 0 Å². The largest absolute Gasteiger partial charge is 0.393 e. The maximum absolute atomic E-state index is 12.2. The molecule has 0 bridgehead atoms. The molecule has 0 amide bonds. The van der Waals surface area contributed by atoms with Crippen LogP contribution in [0.15, 0.2) is 47.4 Å². The number of nitrogens with one attached hydrogen (secondary N) is 1. The zero-order chi connectivity index (χ0) is 15.6. The van der Waals surface area contributed by atoms with Crippen LogP contribution < -0.4 is 10.5 Å². The summed E-state index contributed by atoms with van der Waals surface area (Å²) in [7, 11) is -3.94. The van der Waals surface area contributed by atoms with Crippen molar-refractivity contribution in [1.82, 2.24) is 0 Å². The second kappa shape index (κ2) is 5.58. The van der Waals surface area contributed by atoms with Crippen molar-refractivity contribution in [2.24, 2.45) is 0 Å². The van der Waals surface area contributed by atoms with Crippen molar-refractivity contribution in [1.29, 1.82) is 0 Å². The molecule has 0 saturated heterocycles. The van der Waals surface area contributed by atoms with E-state index >= 15 is 0 Å². The SMILES string of the molecule is Nc1ccc(NS(=O)(=O)c2ccccc2Cl)cc1[N+](=O)[O-]. The highest BCUT2D eigenvalue weighted by molar-refractivity contribution is 7.92. The number of nitrogen functional groups attached to an aromatic ring is 1. The molecule has 0 spiro atoms. The van der Waals surface area contributed by atoms with Crippen LogP contribution in [0, 0.1) is 10.1 Å². The Kier molecular flexibility index (Phi) is 4.01. The van der Waals surface area contributed by atoms with Gasteiger partial charge in [-0.3, -0.25) is 14.8 Å². The number of nitrogens with zero attached hydrogens (tertiary/aromatic N) is 1. The lowest BCUT2D eigenvalue weighted by Gasteiger charge is -2.09. The third-order valence-corrected chi connectivity index (χ3v) is 4.49. The van der Waals surface area contributed by atoms with Crippen molar-refractivity contribution < 1.29 is 13.3 Å². The van der Waals surface area contributed by atoms with Crippen LogP contribution in [0.4, 0.5) is 17.1 Å². The first-order valence-corrected chi connectivity index (χ1v) is 7.48. The molecule has 110 valence electrons. The van der Waals surface area contributed by atoms with E-state index in [2.05, 4.69) is 4.72 Å². The van der Waals surface area contributed by atoms with Crippen molar-refractivity contribution in [3.8, 4) is 0 Å². The number of rotatable bonds is 4. The summed E-state index contributed by atoms with van der Waals surface area (Å²) >= 11 is 5.83. The van der Waals surface area contributed by atoms with Crippen molar-refractivity contribution in [2.75, 3.05) is 10.5 Å². The van der Waals surface area contributed by atoms with E-state index in [9.17, 15) is 18.5 Å². The Morgan fingerprint density at radius 2 is 1.86 bits per heavy atom. The molecule has 0 saturated carbocycles. The molecule has 3 N–H and O–H groups in total. The average molecular weight is 328 g/mol. The molecular formula is C12H10ClN3O4S. The molecule has 0 unspecified atom stereocenters. The zero-order valence-corrected chi connectivity index (χ0v) is 12.1. The van der Waals surface area contributed by atoms with E-state index in [1.807, 2.05) is 0 Å². The number of halogens is 1. The van der Waals surface area contributed by atoms with E-state index in [1.54, 1.807) is 6.07 Å². The van der Waals surface area contributed by atoms with Gasteiger partial charge < -0.3 is 5.73 Å². The smallest absolute Gasteiger partial charge is 0.294 e. The summed E-state index contributed by atoms with van der Waals surface area (Å²) in [6, 6.07) is 9.50. The van der Waals surface area contributed by atoms with Crippen molar-refractivity contribution in [2.45, 2.75) is 4.90 Å². The zero-order valence-electron chi connectivity index (χ0n) is 10.5. The van der Waals surface area contributed by atoms with Gasteiger partial charge in [0.25, 0.3) is 15.7 Å². The van der Waals surface area contributed by atoms with Gasteiger partial charge >= 0.3 is 0 Å². The maximum atomic E-state index is 12.2. The van der Waals surface area contributed by atoms with Crippen LogP contribution in [-0.4, -0.2) is 13.3 Å². The molecule has 7 nitrogen and oxygen atoms in total. The summed E-state index contributed by atoms with van der Waals surface area (Å²) in [6.45, 7) is 0. The maximum Gasteiger partial charge on any atom is 0.294 e. The van der Waals surface area contributed by atoms with E-state index in [1.165, 1.54) is 30.3 Å². The molecule has 0 aliphatic rings. The van der Waals surface area contributed by atoms with Gasteiger partial charge in [-0.25, -0.2) is 8.42 Å². The molecule has 9 heteroatoms. The lowest BCUT2D eigenvalue weighted by atomic mass is 10.2. The minimum absolute atomic E-state index is 0.0239. The van der Waals surface area contributed by atoms with Gasteiger partial charge in [-0.1, -0.05) is 23.7 Å². The molecule has 2 rings (SSSR count). The Morgan fingerprint density at radius 3 is 2.48 bits per heavy atom. The number of nitrogens with two attached hydrogens (primary N) is 1. The van der Waals surface area contributed by atoms with Crippen molar-refractivity contribution >= 4 is 38.7 Å². The van der Waals surface area contributed by atoms with E-state index in [0.29, 0.717) is 0 Å². The molecule has 2 aromatic carbocycles. The van der Waals surface area contributed by atoms with Gasteiger partial charge in [0.05, 0.1) is 15.6 Å². The lowest BCUT2D eigenvalue weighted by Crippen LogP contribution is -2.13. The quantitative estimate of drug-likeness (QED) is 0.508. The minimum atomic E-state index is -3.94. The van der Waals surface area contributed by atoms with E-state index in [0.717, 1.165) is 6.07 Å². The third kappa shape index (κ3) is 3.23. The molecule has 0 fully saturated rings. The molecule has 0 atom stereocenters. The van der Waals surface area contributed by atoms with Crippen LogP contribution in [-0.2, 0) is 10.0 Å². The van der Waals surface area contributed by atoms with Gasteiger partial charge in [0.15, 0.2) is 0 Å². The molecule has 0 aliphatic heterocycles. The van der Waals surface area contributed by atoms with Gasteiger partial charge in [-0.05, 0) is 24.3 Å². The van der Waals surface area contributed by atoms with Gasteiger partial charge in [-0.15, -0.1) is 0 Å². The molecule has 0 aliphatic carbocycles. The molecule has 21 heavy (non-hydrogen) atoms. The molecular weight excluding hydrogens is 318 g/mol. The minimum Gasteiger partial charge on any atom is -0.393 e. The van der Waals surface area contributed by atoms with Crippen molar-refractivity contribution in [3.05, 3.63) is 57.6 Å². The number of benzene rings is 2. The van der Waals surface area contributed by atoms with Crippen LogP contribution in [0.3, 0.4) is 0 Å². The predicted molar refractivity (Wildman–Crippen MR) is 79.8 cm³/mol. The number of nitro groups is 1. The first kappa shape index (κ1) is 15.1. The highest BCUT2D eigenvalue weighted by Gasteiger charge is 2.19. The Morgan fingerprint density at radius 1 is 1.19 bits per heavy atom. The number of sulfonamides is 1. The number of hydrogen-bond donors (Lipinski definition) is 2. The molecule has 2 aromatic rings. The summed E-state index contributed by atoms with van der Waals surface area (Å²) in [4.78, 5) is 9.98. The monoisotopic (exact) mass is 327 g/mol. The Bertz CT molecular complexity index is 808. The Labute approximate surface area is 125 Å². The van der Waals surface area contributed by atoms with E-state index < -0.39 is 14.9 Å². The second-order valence-corrected chi connectivity index (χ2v) is 6.12. The summed E-state index contributed by atoms with van der Waals surface area (Å²) < 4.78 is 26.6. The van der Waals surface area contributed by atoms with E-state index in [4.69, 9.17) is 17.3 Å². The lowest BCUT2D eigenvalue weighted by molar-refractivity contribution is -0.383. The Balaban J connectivity index is 2.40. The highest BCUT2D eigenvalue weighted by atomic mass is 35.5. The number of anilines is 2. The first-order valence-electron chi connectivity index (χ1n) is 5.62. The third-order valence-electron chi connectivity index (χ3n) is 2.61. The van der Waals surface area contributed by atoms with Crippen LogP contribution >= 0.6 is 11.6 Å². The first-order chi connectivity index (χ1) is 9.81. The number of nitro benzene ring substituents is 1. The van der Waals surface area contributed by atoms with Gasteiger partial charge in [0, 0.05) is 6.07 Å². The standard InChI is InChI=1S/C12H10ClN3O4S/c13-9-3-1-2-4-12(9)21(19,20)15-8-5-6-10(14)11(7-8)16(17)18/h1-7,15H,14H2.